The molecule has 0 aliphatic heterocycles. The summed E-state index contributed by atoms with van der Waals surface area (Å²) in [6.07, 6.45) is 0. The quantitative estimate of drug-likeness (QED) is 0.881. The highest BCUT2D eigenvalue weighted by molar-refractivity contribution is 5.95. The summed E-state index contributed by atoms with van der Waals surface area (Å²) in [6.45, 7) is 5.74. The van der Waals surface area contributed by atoms with Gasteiger partial charge in [0.1, 0.15) is 5.82 Å². The van der Waals surface area contributed by atoms with E-state index in [1.54, 1.807) is 24.9 Å². The Hall–Kier alpha value is -2.31. The van der Waals surface area contributed by atoms with Crippen molar-refractivity contribution in [2.24, 2.45) is 0 Å². The van der Waals surface area contributed by atoms with Crippen molar-refractivity contribution in [1.29, 1.82) is 0 Å². The van der Waals surface area contributed by atoms with Gasteiger partial charge in [-0.25, -0.2) is 4.98 Å². The molecule has 0 aromatic carbocycles. The predicted octanol–water partition coefficient (Wildman–Crippen LogP) is 0.792. The third kappa shape index (κ3) is 2.93. The number of rotatable bonds is 3. The highest BCUT2D eigenvalue weighted by atomic mass is 16.2. The van der Waals surface area contributed by atoms with Crippen LogP contribution in [0.2, 0.25) is 0 Å². The van der Waals surface area contributed by atoms with Gasteiger partial charge in [0.25, 0.3) is 5.91 Å². The van der Waals surface area contributed by atoms with Crippen LogP contribution in [0, 0.1) is 20.8 Å². The molecule has 2 aromatic heterocycles. The summed E-state index contributed by atoms with van der Waals surface area (Å²) in [5.41, 5.74) is 1.90. The Morgan fingerprint density at radius 2 is 2.05 bits per heavy atom. The summed E-state index contributed by atoms with van der Waals surface area (Å²) in [6, 6.07) is 1.74. The lowest BCUT2D eigenvalue weighted by Crippen LogP contribution is -2.28. The van der Waals surface area contributed by atoms with Crippen LogP contribution in [-0.4, -0.2) is 43.2 Å². The number of aromatic amines is 1. The van der Waals surface area contributed by atoms with E-state index >= 15 is 0 Å². The zero-order chi connectivity index (χ0) is 14.0. The Morgan fingerprint density at radius 3 is 2.68 bits per heavy atom. The molecule has 7 nitrogen and oxygen atoms in total. The van der Waals surface area contributed by atoms with E-state index in [4.69, 9.17) is 0 Å². The number of hydrogen-bond acceptors (Lipinski definition) is 5. The number of amides is 1. The number of carbonyl (C=O) groups is 1. The lowest BCUT2D eigenvalue weighted by molar-refractivity contribution is 0.0780. The van der Waals surface area contributed by atoms with Crippen molar-refractivity contribution >= 4 is 5.91 Å². The highest BCUT2D eigenvalue weighted by Crippen LogP contribution is 2.10. The van der Waals surface area contributed by atoms with E-state index in [0.29, 0.717) is 23.6 Å². The number of carbonyl (C=O) groups excluding carboxylic acids is 1. The van der Waals surface area contributed by atoms with E-state index in [1.807, 2.05) is 13.8 Å². The Labute approximate surface area is 111 Å². The Balaban J connectivity index is 2.16. The maximum Gasteiger partial charge on any atom is 0.255 e. The molecule has 100 valence electrons. The molecule has 7 heteroatoms. The molecule has 0 aliphatic rings. The largest absolute Gasteiger partial charge is 0.334 e. The molecule has 19 heavy (non-hydrogen) atoms. The monoisotopic (exact) mass is 260 g/mol. The van der Waals surface area contributed by atoms with Gasteiger partial charge in [-0.3, -0.25) is 9.89 Å². The fourth-order valence-corrected chi connectivity index (χ4v) is 1.72. The fraction of sp³-hybridized carbons (Fsp3) is 0.417. The second-order valence-corrected chi connectivity index (χ2v) is 4.48. The van der Waals surface area contributed by atoms with Gasteiger partial charge in [-0.15, -0.1) is 0 Å². The maximum atomic E-state index is 12.3. The smallest absolute Gasteiger partial charge is 0.255 e. The van der Waals surface area contributed by atoms with E-state index < -0.39 is 0 Å². The molecule has 1 amide bonds. The first-order valence-corrected chi connectivity index (χ1v) is 5.91. The first-order valence-electron chi connectivity index (χ1n) is 5.91. The molecule has 0 saturated heterocycles. The molecule has 2 aromatic rings. The van der Waals surface area contributed by atoms with Crippen LogP contribution in [0.15, 0.2) is 6.07 Å². The van der Waals surface area contributed by atoms with E-state index in [2.05, 4.69) is 25.4 Å². The zero-order valence-corrected chi connectivity index (χ0v) is 11.4. The van der Waals surface area contributed by atoms with Crippen LogP contribution in [0.4, 0.5) is 0 Å². The Kier molecular flexibility index (Phi) is 3.55. The molecule has 0 bridgehead atoms. The van der Waals surface area contributed by atoms with Gasteiger partial charge in [0.05, 0.1) is 23.5 Å². The summed E-state index contributed by atoms with van der Waals surface area (Å²) >= 11 is 0. The topological polar surface area (TPSA) is 87.7 Å². The minimum Gasteiger partial charge on any atom is -0.334 e. The summed E-state index contributed by atoms with van der Waals surface area (Å²) < 4.78 is 0. The average molecular weight is 260 g/mol. The van der Waals surface area contributed by atoms with Crippen molar-refractivity contribution in [3.8, 4) is 0 Å². The minimum absolute atomic E-state index is 0.113. The van der Waals surface area contributed by atoms with Gasteiger partial charge in [0.2, 0.25) is 0 Å². The van der Waals surface area contributed by atoms with Crippen LogP contribution in [0.1, 0.15) is 33.4 Å². The summed E-state index contributed by atoms with van der Waals surface area (Å²) in [7, 11) is 1.71. The molecule has 0 saturated carbocycles. The first-order chi connectivity index (χ1) is 8.97. The van der Waals surface area contributed by atoms with Crippen molar-refractivity contribution < 1.29 is 4.79 Å². The van der Waals surface area contributed by atoms with Crippen LogP contribution >= 0.6 is 0 Å². The SMILES string of the molecule is Cc1cc(C(=O)N(C)Cc2n[nH]c(C)n2)c(C)nn1. The number of aryl methyl sites for hydroxylation is 3. The van der Waals surface area contributed by atoms with E-state index in [1.165, 1.54) is 0 Å². The maximum absolute atomic E-state index is 12.3. The first kappa shape index (κ1) is 13.1. The van der Waals surface area contributed by atoms with E-state index in [9.17, 15) is 4.79 Å². The van der Waals surface area contributed by atoms with Crippen LogP contribution in [-0.2, 0) is 6.54 Å². The highest BCUT2D eigenvalue weighted by Gasteiger charge is 2.17. The molecule has 0 aliphatic carbocycles. The fourth-order valence-electron chi connectivity index (χ4n) is 1.72. The second kappa shape index (κ2) is 5.13. The number of nitrogens with one attached hydrogen (secondary N) is 1. The van der Waals surface area contributed by atoms with Gasteiger partial charge in [0.15, 0.2) is 5.82 Å². The molecule has 2 heterocycles. The lowest BCUT2D eigenvalue weighted by Gasteiger charge is -2.16. The van der Waals surface area contributed by atoms with Crippen LogP contribution in [0.25, 0.3) is 0 Å². The van der Waals surface area contributed by atoms with Gasteiger partial charge < -0.3 is 4.90 Å². The van der Waals surface area contributed by atoms with Crippen LogP contribution in [0.3, 0.4) is 0 Å². The third-order valence-corrected chi connectivity index (χ3v) is 2.70. The van der Waals surface area contributed by atoms with Crippen molar-refractivity contribution in [3.63, 3.8) is 0 Å². The molecular formula is C12H16N6O. The van der Waals surface area contributed by atoms with Crippen molar-refractivity contribution in [3.05, 3.63) is 34.7 Å². The third-order valence-electron chi connectivity index (χ3n) is 2.70. The van der Waals surface area contributed by atoms with Gasteiger partial charge >= 0.3 is 0 Å². The normalized spacial score (nSPS) is 10.5. The molecule has 0 unspecified atom stereocenters. The summed E-state index contributed by atoms with van der Waals surface area (Å²) in [5, 5.41) is 14.6. The van der Waals surface area contributed by atoms with Crippen molar-refractivity contribution in [2.75, 3.05) is 7.05 Å². The minimum atomic E-state index is -0.113. The molecule has 1 N–H and O–H groups in total. The van der Waals surface area contributed by atoms with Gasteiger partial charge in [-0.05, 0) is 26.8 Å². The Morgan fingerprint density at radius 1 is 1.32 bits per heavy atom. The Bertz CT molecular complexity index is 606. The van der Waals surface area contributed by atoms with E-state index in [0.717, 1.165) is 11.5 Å². The van der Waals surface area contributed by atoms with Gasteiger partial charge in [0, 0.05) is 7.05 Å². The van der Waals surface area contributed by atoms with Crippen molar-refractivity contribution in [1.82, 2.24) is 30.3 Å². The number of H-pyrrole nitrogens is 1. The lowest BCUT2D eigenvalue weighted by atomic mass is 10.2. The standard InChI is InChI=1S/C12H16N6O/c1-7-5-10(8(2)15-14-7)12(19)18(4)6-11-13-9(3)16-17-11/h5H,6H2,1-4H3,(H,13,16,17). The number of nitrogens with zero attached hydrogens (tertiary/aromatic N) is 5. The number of aromatic nitrogens is 5. The van der Waals surface area contributed by atoms with Crippen LogP contribution < -0.4 is 0 Å². The molecule has 0 fully saturated rings. The zero-order valence-electron chi connectivity index (χ0n) is 11.4. The second-order valence-electron chi connectivity index (χ2n) is 4.48. The molecule has 0 spiro atoms. The van der Waals surface area contributed by atoms with Gasteiger partial charge in [-0.2, -0.15) is 15.3 Å². The van der Waals surface area contributed by atoms with Crippen LogP contribution in [0.5, 0.6) is 0 Å². The molecule has 0 atom stereocenters. The van der Waals surface area contributed by atoms with Crippen molar-refractivity contribution in [2.45, 2.75) is 27.3 Å². The van der Waals surface area contributed by atoms with E-state index in [-0.39, 0.29) is 5.91 Å². The number of hydrogen-bond donors (Lipinski definition) is 1. The average Bonchev–Trinajstić information content (AvgIpc) is 2.77. The summed E-state index contributed by atoms with van der Waals surface area (Å²) in [4.78, 5) is 18.1. The molecule has 2 rings (SSSR count). The predicted molar refractivity (Wildman–Crippen MR) is 68.4 cm³/mol. The summed E-state index contributed by atoms with van der Waals surface area (Å²) in [5.74, 6) is 1.20. The van der Waals surface area contributed by atoms with Gasteiger partial charge in [-0.1, -0.05) is 0 Å². The molecular weight excluding hydrogens is 244 g/mol. The molecule has 0 radical (unpaired) electrons.